The van der Waals surface area contributed by atoms with E-state index in [4.69, 9.17) is 11.6 Å². The predicted molar refractivity (Wildman–Crippen MR) is 90.2 cm³/mol. The Kier molecular flexibility index (Phi) is 4.58. The summed E-state index contributed by atoms with van der Waals surface area (Å²) in [6.07, 6.45) is 5.21. The molecule has 3 rings (SSSR count). The number of aromatic nitrogens is 2. The van der Waals surface area contributed by atoms with Gasteiger partial charge in [-0.25, -0.2) is 4.98 Å². The fourth-order valence-corrected chi connectivity index (χ4v) is 3.27. The summed E-state index contributed by atoms with van der Waals surface area (Å²) in [6, 6.07) is 6.10. The van der Waals surface area contributed by atoms with E-state index in [0.717, 1.165) is 36.1 Å². The lowest BCUT2D eigenvalue weighted by molar-refractivity contribution is 0.675. The molecule has 0 aliphatic rings. The van der Waals surface area contributed by atoms with Crippen LogP contribution in [0.3, 0.4) is 0 Å². The zero-order valence-electron chi connectivity index (χ0n) is 12.0. The first-order valence-corrected chi connectivity index (χ1v) is 8.40. The fraction of sp³-hybridized carbons (Fsp3) is 0.312. The topological polar surface area (TPSA) is 29.9 Å². The Balaban J connectivity index is 1.96. The van der Waals surface area contributed by atoms with Crippen LogP contribution in [0.1, 0.15) is 23.9 Å². The summed E-state index contributed by atoms with van der Waals surface area (Å²) in [5.74, 6) is 0. The summed E-state index contributed by atoms with van der Waals surface area (Å²) >= 11 is 7.85. The van der Waals surface area contributed by atoms with Gasteiger partial charge in [0.2, 0.25) is 0 Å². The van der Waals surface area contributed by atoms with E-state index >= 15 is 0 Å². The van der Waals surface area contributed by atoms with Crippen LogP contribution in [0.15, 0.2) is 36.0 Å². The van der Waals surface area contributed by atoms with Gasteiger partial charge < -0.3 is 9.88 Å². The molecule has 0 aliphatic carbocycles. The maximum Gasteiger partial charge on any atom is 0.112 e. The molecule has 21 heavy (non-hydrogen) atoms. The molecular weight excluding hydrogens is 302 g/mol. The van der Waals surface area contributed by atoms with Gasteiger partial charge in [0.25, 0.3) is 0 Å². The molecule has 1 aromatic carbocycles. The van der Waals surface area contributed by atoms with Gasteiger partial charge in [-0.05, 0) is 30.7 Å². The first kappa shape index (κ1) is 14.6. The first-order chi connectivity index (χ1) is 10.3. The number of rotatable bonds is 6. The van der Waals surface area contributed by atoms with Crippen LogP contribution in [0.2, 0.25) is 5.02 Å². The van der Waals surface area contributed by atoms with Crippen molar-refractivity contribution in [3.63, 3.8) is 0 Å². The van der Waals surface area contributed by atoms with Crippen LogP contribution in [-0.4, -0.2) is 16.1 Å². The third kappa shape index (κ3) is 3.28. The minimum Gasteiger partial charge on any atom is -0.340 e. The number of nitrogens with zero attached hydrogens (tertiary/aromatic N) is 2. The summed E-state index contributed by atoms with van der Waals surface area (Å²) < 4.78 is 2.24. The van der Waals surface area contributed by atoms with Crippen LogP contribution >= 0.6 is 22.9 Å². The van der Waals surface area contributed by atoms with Gasteiger partial charge in [-0.15, -0.1) is 11.3 Å². The molecular formula is C16H18ClN3S. The summed E-state index contributed by atoms with van der Waals surface area (Å²) in [4.78, 5) is 4.37. The molecule has 0 saturated carbocycles. The van der Waals surface area contributed by atoms with Crippen molar-refractivity contribution in [1.29, 1.82) is 0 Å². The number of hydrogen-bond acceptors (Lipinski definition) is 3. The molecule has 2 heterocycles. The molecule has 0 saturated heterocycles. The van der Waals surface area contributed by atoms with E-state index in [2.05, 4.69) is 34.1 Å². The molecule has 110 valence electrons. The Bertz CT molecular complexity index is 719. The van der Waals surface area contributed by atoms with Gasteiger partial charge in [0.1, 0.15) is 5.01 Å². The molecule has 3 nitrogen and oxygen atoms in total. The largest absolute Gasteiger partial charge is 0.340 e. The standard InChI is InChI=1S/C16H18ClN3S/c1-2-5-18-9-12-10-20(11-16-19-6-7-21-16)15-8-13(17)3-4-14(12)15/h3-4,6-8,10,18H,2,5,9,11H2,1H3. The highest BCUT2D eigenvalue weighted by Gasteiger charge is 2.10. The van der Waals surface area contributed by atoms with Crippen molar-refractivity contribution < 1.29 is 0 Å². The van der Waals surface area contributed by atoms with E-state index in [1.165, 1.54) is 16.5 Å². The second-order valence-electron chi connectivity index (χ2n) is 5.05. The van der Waals surface area contributed by atoms with E-state index in [-0.39, 0.29) is 0 Å². The average Bonchev–Trinajstić information content (AvgIpc) is 3.09. The molecule has 5 heteroatoms. The number of hydrogen-bond donors (Lipinski definition) is 1. The van der Waals surface area contributed by atoms with E-state index in [9.17, 15) is 0 Å². The number of nitrogens with one attached hydrogen (secondary N) is 1. The van der Waals surface area contributed by atoms with Gasteiger partial charge in [0, 0.05) is 34.7 Å². The maximum absolute atomic E-state index is 6.17. The molecule has 0 bridgehead atoms. The van der Waals surface area contributed by atoms with Crippen molar-refractivity contribution in [1.82, 2.24) is 14.9 Å². The van der Waals surface area contributed by atoms with Gasteiger partial charge >= 0.3 is 0 Å². The van der Waals surface area contributed by atoms with Crippen LogP contribution < -0.4 is 5.32 Å². The third-order valence-electron chi connectivity index (χ3n) is 3.46. The number of benzene rings is 1. The van der Waals surface area contributed by atoms with Crippen LogP contribution in [0, 0.1) is 0 Å². The summed E-state index contributed by atoms with van der Waals surface area (Å²) in [5, 5.41) is 8.63. The van der Waals surface area contributed by atoms with Crippen molar-refractivity contribution in [2.24, 2.45) is 0 Å². The summed E-state index contributed by atoms with van der Waals surface area (Å²) in [7, 11) is 0. The molecule has 0 aliphatic heterocycles. The maximum atomic E-state index is 6.17. The van der Waals surface area contributed by atoms with E-state index < -0.39 is 0 Å². The van der Waals surface area contributed by atoms with Crippen LogP contribution in [0.5, 0.6) is 0 Å². The fourth-order valence-electron chi connectivity index (χ4n) is 2.49. The van der Waals surface area contributed by atoms with E-state index in [1.54, 1.807) is 11.3 Å². The van der Waals surface area contributed by atoms with Gasteiger partial charge in [0.15, 0.2) is 0 Å². The van der Waals surface area contributed by atoms with Crippen molar-refractivity contribution >= 4 is 33.8 Å². The second kappa shape index (κ2) is 6.60. The third-order valence-corrected chi connectivity index (χ3v) is 4.46. The molecule has 0 spiro atoms. The Morgan fingerprint density at radius 3 is 3.05 bits per heavy atom. The highest BCUT2D eigenvalue weighted by atomic mass is 35.5. The molecule has 2 aromatic heterocycles. The van der Waals surface area contributed by atoms with Crippen molar-refractivity contribution in [2.45, 2.75) is 26.4 Å². The zero-order chi connectivity index (χ0) is 14.7. The van der Waals surface area contributed by atoms with E-state index in [0.29, 0.717) is 0 Å². The zero-order valence-corrected chi connectivity index (χ0v) is 13.5. The summed E-state index contributed by atoms with van der Waals surface area (Å²) in [6.45, 7) is 4.89. The molecule has 0 radical (unpaired) electrons. The van der Waals surface area contributed by atoms with Gasteiger partial charge in [-0.3, -0.25) is 0 Å². The Morgan fingerprint density at radius 1 is 1.38 bits per heavy atom. The molecule has 0 atom stereocenters. The predicted octanol–water partition coefficient (Wildman–Crippen LogP) is 4.30. The molecule has 1 N–H and O–H groups in total. The van der Waals surface area contributed by atoms with E-state index in [1.807, 2.05) is 23.7 Å². The minimum atomic E-state index is 0.772. The smallest absolute Gasteiger partial charge is 0.112 e. The minimum absolute atomic E-state index is 0.772. The normalized spacial score (nSPS) is 11.3. The lowest BCUT2D eigenvalue weighted by Crippen LogP contribution is -2.13. The average molecular weight is 320 g/mol. The second-order valence-corrected chi connectivity index (χ2v) is 6.46. The molecule has 0 unspecified atom stereocenters. The summed E-state index contributed by atoms with van der Waals surface area (Å²) in [5.41, 5.74) is 2.48. The number of thiazole rings is 1. The SMILES string of the molecule is CCCNCc1cn(Cc2nccs2)c2cc(Cl)ccc12. The number of halogens is 1. The van der Waals surface area contributed by atoms with Crippen molar-refractivity contribution in [2.75, 3.05) is 6.54 Å². The van der Waals surface area contributed by atoms with Crippen molar-refractivity contribution in [3.8, 4) is 0 Å². The first-order valence-electron chi connectivity index (χ1n) is 7.14. The number of fused-ring (bicyclic) bond motifs is 1. The van der Waals surface area contributed by atoms with Gasteiger partial charge in [-0.2, -0.15) is 0 Å². The van der Waals surface area contributed by atoms with Crippen LogP contribution in [0.4, 0.5) is 0 Å². The quantitative estimate of drug-likeness (QED) is 0.686. The Morgan fingerprint density at radius 2 is 2.29 bits per heavy atom. The molecule has 0 fully saturated rings. The lowest BCUT2D eigenvalue weighted by atomic mass is 10.2. The molecule has 0 amide bonds. The van der Waals surface area contributed by atoms with Gasteiger partial charge in [-0.1, -0.05) is 24.6 Å². The van der Waals surface area contributed by atoms with Crippen LogP contribution in [-0.2, 0) is 13.1 Å². The van der Waals surface area contributed by atoms with Gasteiger partial charge in [0.05, 0.1) is 12.1 Å². The highest BCUT2D eigenvalue weighted by Crippen LogP contribution is 2.26. The van der Waals surface area contributed by atoms with Crippen LogP contribution in [0.25, 0.3) is 10.9 Å². The lowest BCUT2D eigenvalue weighted by Gasteiger charge is -2.02. The Hall–Kier alpha value is -1.36. The van der Waals surface area contributed by atoms with Crippen molar-refractivity contribution in [3.05, 3.63) is 51.6 Å². The highest BCUT2D eigenvalue weighted by molar-refractivity contribution is 7.09. The monoisotopic (exact) mass is 319 g/mol. The Labute approximate surface area is 133 Å². The molecule has 3 aromatic rings.